The second kappa shape index (κ2) is 7.21. The van der Waals surface area contributed by atoms with Gasteiger partial charge < -0.3 is 15.0 Å². The van der Waals surface area contributed by atoms with Gasteiger partial charge in [0.05, 0.1) is 12.0 Å². The second-order valence-electron chi connectivity index (χ2n) is 5.19. The lowest BCUT2D eigenvalue weighted by Gasteiger charge is -2.36. The quantitative estimate of drug-likeness (QED) is 0.638. The van der Waals surface area contributed by atoms with E-state index >= 15 is 0 Å². The minimum atomic E-state index is -0.370. The van der Waals surface area contributed by atoms with E-state index in [-0.39, 0.29) is 16.7 Å². The molecule has 1 atom stereocenters. The van der Waals surface area contributed by atoms with E-state index in [0.717, 1.165) is 38.8 Å². The monoisotopic (exact) mass is 294 g/mol. The number of methoxy groups -OCH3 is 1. The van der Waals surface area contributed by atoms with E-state index in [1.165, 1.54) is 19.2 Å². The largest absolute Gasteiger partial charge is 0.481 e. The molecule has 0 saturated carbocycles. The van der Waals surface area contributed by atoms with Gasteiger partial charge in [0.1, 0.15) is 0 Å². The van der Waals surface area contributed by atoms with Crippen molar-refractivity contribution in [3.05, 3.63) is 22.2 Å². The van der Waals surface area contributed by atoms with Crippen molar-refractivity contribution in [2.45, 2.75) is 31.7 Å². The van der Waals surface area contributed by atoms with Crippen LogP contribution in [0.15, 0.2) is 12.1 Å². The first-order chi connectivity index (χ1) is 10.2. The molecule has 116 valence electrons. The SMILES string of the molecule is CNCCC1CCCCN1c1nc(OC)ccc1[N+](=O)[O-]. The van der Waals surface area contributed by atoms with Crippen LogP contribution in [-0.4, -0.2) is 43.2 Å². The van der Waals surface area contributed by atoms with Gasteiger partial charge in [0.15, 0.2) is 0 Å². The molecule has 1 N–H and O–H groups in total. The van der Waals surface area contributed by atoms with E-state index in [2.05, 4.69) is 15.2 Å². The summed E-state index contributed by atoms with van der Waals surface area (Å²) < 4.78 is 5.12. The zero-order valence-corrected chi connectivity index (χ0v) is 12.5. The molecule has 0 aromatic carbocycles. The number of pyridine rings is 1. The van der Waals surface area contributed by atoms with Crippen LogP contribution in [0.2, 0.25) is 0 Å². The van der Waals surface area contributed by atoms with Crippen LogP contribution in [0, 0.1) is 10.1 Å². The topological polar surface area (TPSA) is 80.5 Å². The van der Waals surface area contributed by atoms with Crippen LogP contribution in [0.1, 0.15) is 25.7 Å². The molecule has 1 fully saturated rings. The van der Waals surface area contributed by atoms with E-state index < -0.39 is 0 Å². The van der Waals surface area contributed by atoms with Crippen LogP contribution >= 0.6 is 0 Å². The van der Waals surface area contributed by atoms with Crippen LogP contribution in [0.4, 0.5) is 11.5 Å². The van der Waals surface area contributed by atoms with Crippen LogP contribution in [0.25, 0.3) is 0 Å². The Morgan fingerprint density at radius 2 is 2.33 bits per heavy atom. The third-order valence-corrected chi connectivity index (χ3v) is 3.86. The predicted octanol–water partition coefficient (Wildman–Crippen LogP) is 1.97. The molecular formula is C14H22N4O3. The summed E-state index contributed by atoms with van der Waals surface area (Å²) in [6, 6.07) is 3.29. The lowest BCUT2D eigenvalue weighted by molar-refractivity contribution is -0.384. The fourth-order valence-electron chi connectivity index (χ4n) is 2.78. The lowest BCUT2D eigenvalue weighted by Crippen LogP contribution is -2.41. The number of rotatable bonds is 6. The molecule has 1 aliphatic heterocycles. The average molecular weight is 294 g/mol. The molecule has 0 spiro atoms. The van der Waals surface area contributed by atoms with Crippen molar-refractivity contribution in [1.29, 1.82) is 0 Å². The maximum Gasteiger partial charge on any atom is 0.311 e. The molecule has 0 aliphatic carbocycles. The van der Waals surface area contributed by atoms with Crippen molar-refractivity contribution < 1.29 is 9.66 Å². The Morgan fingerprint density at radius 3 is 3.00 bits per heavy atom. The Morgan fingerprint density at radius 1 is 1.52 bits per heavy atom. The molecule has 21 heavy (non-hydrogen) atoms. The summed E-state index contributed by atoms with van der Waals surface area (Å²) in [6.45, 7) is 1.69. The molecule has 7 nitrogen and oxygen atoms in total. The smallest absolute Gasteiger partial charge is 0.311 e. The van der Waals surface area contributed by atoms with Gasteiger partial charge in [-0.05, 0) is 39.3 Å². The summed E-state index contributed by atoms with van der Waals surface area (Å²) in [5.74, 6) is 0.841. The van der Waals surface area contributed by atoms with E-state index in [4.69, 9.17) is 4.74 Å². The number of aromatic nitrogens is 1. The molecular weight excluding hydrogens is 272 g/mol. The molecule has 0 amide bonds. The third-order valence-electron chi connectivity index (χ3n) is 3.86. The zero-order valence-electron chi connectivity index (χ0n) is 12.5. The minimum Gasteiger partial charge on any atom is -0.481 e. The summed E-state index contributed by atoms with van der Waals surface area (Å²) in [5.41, 5.74) is 0.0483. The molecule has 2 rings (SSSR count). The highest BCUT2D eigenvalue weighted by Gasteiger charge is 2.29. The predicted molar refractivity (Wildman–Crippen MR) is 81.0 cm³/mol. The fraction of sp³-hybridized carbons (Fsp3) is 0.643. The summed E-state index contributed by atoms with van der Waals surface area (Å²) >= 11 is 0. The zero-order chi connectivity index (χ0) is 15.2. The van der Waals surface area contributed by atoms with Crippen molar-refractivity contribution in [3.8, 4) is 5.88 Å². The molecule has 1 aliphatic rings. The summed E-state index contributed by atoms with van der Waals surface area (Å²) in [4.78, 5) is 17.3. The number of nitrogens with one attached hydrogen (secondary N) is 1. The first-order valence-electron chi connectivity index (χ1n) is 7.28. The van der Waals surface area contributed by atoms with Gasteiger partial charge in [-0.1, -0.05) is 0 Å². The van der Waals surface area contributed by atoms with Gasteiger partial charge in [-0.3, -0.25) is 10.1 Å². The van der Waals surface area contributed by atoms with Gasteiger partial charge >= 0.3 is 5.69 Å². The van der Waals surface area contributed by atoms with Crippen molar-refractivity contribution in [2.24, 2.45) is 0 Å². The number of piperidine rings is 1. The van der Waals surface area contributed by atoms with Crippen molar-refractivity contribution >= 4 is 11.5 Å². The van der Waals surface area contributed by atoms with Crippen LogP contribution < -0.4 is 15.0 Å². The number of nitrogens with zero attached hydrogens (tertiary/aromatic N) is 3. The van der Waals surface area contributed by atoms with Crippen LogP contribution in [-0.2, 0) is 0 Å². The molecule has 7 heteroatoms. The maximum atomic E-state index is 11.3. The minimum absolute atomic E-state index is 0.0483. The third kappa shape index (κ3) is 3.60. The summed E-state index contributed by atoms with van der Waals surface area (Å²) in [5, 5.41) is 14.4. The van der Waals surface area contributed by atoms with E-state index in [0.29, 0.717) is 11.7 Å². The van der Waals surface area contributed by atoms with Gasteiger partial charge in [0, 0.05) is 24.7 Å². The number of hydrogen-bond donors (Lipinski definition) is 1. The van der Waals surface area contributed by atoms with Crippen molar-refractivity contribution in [2.75, 3.05) is 32.1 Å². The lowest BCUT2D eigenvalue weighted by atomic mass is 9.99. The van der Waals surface area contributed by atoms with Gasteiger partial charge in [0.25, 0.3) is 0 Å². The first kappa shape index (κ1) is 15.5. The highest BCUT2D eigenvalue weighted by molar-refractivity contribution is 5.59. The standard InChI is InChI=1S/C14H22N4O3/c1-15-9-8-11-5-3-4-10-17(11)14-12(18(19)20)6-7-13(16-14)21-2/h6-7,11,15H,3-5,8-10H2,1-2H3. The highest BCUT2D eigenvalue weighted by atomic mass is 16.6. The second-order valence-corrected chi connectivity index (χ2v) is 5.19. The van der Waals surface area contributed by atoms with Crippen molar-refractivity contribution in [1.82, 2.24) is 10.3 Å². The summed E-state index contributed by atoms with van der Waals surface area (Å²) in [7, 11) is 3.44. The van der Waals surface area contributed by atoms with Gasteiger partial charge in [-0.15, -0.1) is 0 Å². The normalized spacial score (nSPS) is 18.6. The molecule has 1 unspecified atom stereocenters. The molecule has 0 radical (unpaired) electrons. The Kier molecular flexibility index (Phi) is 5.32. The first-order valence-corrected chi connectivity index (χ1v) is 7.28. The van der Waals surface area contributed by atoms with E-state index in [1.807, 2.05) is 7.05 Å². The maximum absolute atomic E-state index is 11.3. The molecule has 1 aromatic heterocycles. The number of nitro groups is 1. The molecule has 1 aromatic rings. The molecule has 0 bridgehead atoms. The summed E-state index contributed by atoms with van der Waals surface area (Å²) in [6.07, 6.45) is 4.18. The van der Waals surface area contributed by atoms with Crippen LogP contribution in [0.3, 0.4) is 0 Å². The van der Waals surface area contributed by atoms with E-state index in [1.54, 1.807) is 0 Å². The fourth-order valence-corrected chi connectivity index (χ4v) is 2.78. The van der Waals surface area contributed by atoms with E-state index in [9.17, 15) is 10.1 Å². The van der Waals surface area contributed by atoms with Crippen LogP contribution in [0.5, 0.6) is 5.88 Å². The highest BCUT2D eigenvalue weighted by Crippen LogP contribution is 2.33. The Labute approximate surface area is 124 Å². The Balaban J connectivity index is 2.33. The average Bonchev–Trinajstić information content (AvgIpc) is 2.52. The Bertz CT molecular complexity index is 495. The Hall–Kier alpha value is -1.89. The number of hydrogen-bond acceptors (Lipinski definition) is 6. The van der Waals surface area contributed by atoms with Gasteiger partial charge in [0.2, 0.25) is 11.7 Å². The molecule has 1 saturated heterocycles. The van der Waals surface area contributed by atoms with Gasteiger partial charge in [-0.2, -0.15) is 4.98 Å². The number of ether oxygens (including phenoxy) is 1. The van der Waals surface area contributed by atoms with Crippen molar-refractivity contribution in [3.63, 3.8) is 0 Å². The molecule has 2 heterocycles. The van der Waals surface area contributed by atoms with Gasteiger partial charge in [-0.25, -0.2) is 0 Å². The number of anilines is 1.